The van der Waals surface area contributed by atoms with Gasteiger partial charge >= 0.3 is 5.97 Å². The van der Waals surface area contributed by atoms with Gasteiger partial charge in [0, 0.05) is 14.1 Å². The molecule has 0 unspecified atom stereocenters. The quantitative estimate of drug-likeness (QED) is 0.762. The van der Waals surface area contributed by atoms with Gasteiger partial charge in [-0.15, -0.1) is 0 Å². The highest BCUT2D eigenvalue weighted by Crippen LogP contribution is 2.23. The van der Waals surface area contributed by atoms with Gasteiger partial charge in [-0.3, -0.25) is 9.59 Å². The van der Waals surface area contributed by atoms with E-state index in [9.17, 15) is 18.0 Å². The molecule has 0 aliphatic rings. The summed E-state index contributed by atoms with van der Waals surface area (Å²) >= 11 is 0. The van der Waals surface area contributed by atoms with E-state index in [2.05, 4.69) is 4.72 Å². The number of ether oxygens (including phenoxy) is 1. The molecule has 1 rings (SSSR count). The molecule has 0 saturated carbocycles. The Hall–Kier alpha value is -1.93. The molecule has 8 heteroatoms. The third kappa shape index (κ3) is 6.13. The van der Waals surface area contributed by atoms with Gasteiger partial charge in [0.15, 0.2) is 6.61 Å². The fourth-order valence-corrected chi connectivity index (χ4v) is 3.06. The summed E-state index contributed by atoms with van der Waals surface area (Å²) in [5.41, 5.74) is 0.910. The van der Waals surface area contributed by atoms with Gasteiger partial charge in [0.25, 0.3) is 5.91 Å². The van der Waals surface area contributed by atoms with Crippen LogP contribution in [0.15, 0.2) is 29.2 Å². The number of rotatable bonds is 6. The number of hydrogen-bond acceptors (Lipinski definition) is 5. The van der Waals surface area contributed by atoms with Crippen molar-refractivity contribution in [3.63, 3.8) is 0 Å². The van der Waals surface area contributed by atoms with Crippen LogP contribution in [0.2, 0.25) is 0 Å². The van der Waals surface area contributed by atoms with E-state index in [1.807, 2.05) is 20.8 Å². The SMILES string of the molecule is C[C@H](NS(=O)(=O)c1ccc(C(C)(C)C)cc1)C(=O)OCC(=O)N(C)C. The number of nitrogens with one attached hydrogen (secondary N) is 1. The Labute approximate surface area is 149 Å². The summed E-state index contributed by atoms with van der Waals surface area (Å²) in [6.07, 6.45) is 0. The van der Waals surface area contributed by atoms with E-state index in [4.69, 9.17) is 4.74 Å². The molecular weight excluding hydrogens is 344 g/mol. The topological polar surface area (TPSA) is 92.8 Å². The van der Waals surface area contributed by atoms with Crippen molar-refractivity contribution in [1.82, 2.24) is 9.62 Å². The lowest BCUT2D eigenvalue weighted by molar-refractivity contribution is -0.152. The van der Waals surface area contributed by atoms with Gasteiger partial charge < -0.3 is 9.64 Å². The van der Waals surface area contributed by atoms with Crippen molar-refractivity contribution in [3.8, 4) is 0 Å². The maximum Gasteiger partial charge on any atom is 0.324 e. The van der Waals surface area contributed by atoms with Crippen LogP contribution in [0.1, 0.15) is 33.3 Å². The third-order valence-electron chi connectivity index (χ3n) is 3.55. The molecule has 0 heterocycles. The highest BCUT2D eigenvalue weighted by atomic mass is 32.2. The number of hydrogen-bond donors (Lipinski definition) is 1. The molecule has 0 radical (unpaired) electrons. The molecule has 1 aromatic rings. The minimum Gasteiger partial charge on any atom is -0.454 e. The first kappa shape index (κ1) is 21.1. The summed E-state index contributed by atoms with van der Waals surface area (Å²) in [7, 11) is -0.805. The molecule has 0 aliphatic carbocycles. The van der Waals surface area contributed by atoms with E-state index >= 15 is 0 Å². The number of esters is 1. The molecule has 1 N–H and O–H groups in total. The van der Waals surface area contributed by atoms with Crippen LogP contribution < -0.4 is 4.72 Å². The molecule has 25 heavy (non-hydrogen) atoms. The molecule has 1 aromatic carbocycles. The van der Waals surface area contributed by atoms with Crippen LogP contribution in [0.5, 0.6) is 0 Å². The third-order valence-corrected chi connectivity index (χ3v) is 5.11. The van der Waals surface area contributed by atoms with E-state index in [1.165, 1.54) is 38.1 Å². The molecule has 1 atom stereocenters. The summed E-state index contributed by atoms with van der Waals surface area (Å²) in [6, 6.07) is 5.37. The summed E-state index contributed by atoms with van der Waals surface area (Å²) in [5, 5.41) is 0. The monoisotopic (exact) mass is 370 g/mol. The normalized spacial score (nSPS) is 13.2. The molecule has 0 spiro atoms. The second kappa shape index (κ2) is 7.97. The average molecular weight is 370 g/mol. The van der Waals surface area contributed by atoms with Crippen molar-refractivity contribution < 1.29 is 22.7 Å². The minimum absolute atomic E-state index is 0.0597. The fraction of sp³-hybridized carbons (Fsp3) is 0.529. The standard InChI is InChI=1S/C17H26N2O5S/c1-12(16(21)24-11-15(20)19(5)6)18-25(22,23)14-9-7-13(8-10-14)17(2,3)4/h7-10,12,18H,11H2,1-6H3/t12-/m0/s1. The number of benzene rings is 1. The van der Waals surface area contributed by atoms with Crippen molar-refractivity contribution in [2.24, 2.45) is 0 Å². The zero-order valence-electron chi connectivity index (χ0n) is 15.5. The van der Waals surface area contributed by atoms with Crippen LogP contribution in [-0.4, -0.2) is 51.9 Å². The Kier molecular flexibility index (Phi) is 6.73. The molecule has 0 aliphatic heterocycles. The van der Waals surface area contributed by atoms with Gasteiger partial charge in [-0.2, -0.15) is 4.72 Å². The Morgan fingerprint density at radius 2 is 1.68 bits per heavy atom. The van der Waals surface area contributed by atoms with Crippen LogP contribution in [0.3, 0.4) is 0 Å². The molecule has 140 valence electrons. The van der Waals surface area contributed by atoms with Gasteiger partial charge in [0.05, 0.1) is 4.90 Å². The van der Waals surface area contributed by atoms with Crippen LogP contribution in [0, 0.1) is 0 Å². The molecular formula is C17H26N2O5S. The molecule has 0 bridgehead atoms. The van der Waals surface area contributed by atoms with Crippen molar-refractivity contribution in [2.45, 2.75) is 44.0 Å². The molecule has 1 amide bonds. The first-order chi connectivity index (χ1) is 11.3. The maximum atomic E-state index is 12.4. The van der Waals surface area contributed by atoms with E-state index in [0.717, 1.165) is 5.56 Å². The Bertz CT molecular complexity index is 718. The number of carbonyl (C=O) groups excluding carboxylic acids is 2. The van der Waals surface area contributed by atoms with Crippen molar-refractivity contribution in [1.29, 1.82) is 0 Å². The largest absolute Gasteiger partial charge is 0.454 e. The summed E-state index contributed by atoms with van der Waals surface area (Å²) in [4.78, 5) is 24.6. The predicted molar refractivity (Wildman–Crippen MR) is 94.6 cm³/mol. The van der Waals surface area contributed by atoms with Gasteiger partial charge in [0.1, 0.15) is 6.04 Å². The Balaban J connectivity index is 2.76. The van der Waals surface area contributed by atoms with E-state index in [1.54, 1.807) is 12.1 Å². The van der Waals surface area contributed by atoms with Crippen molar-refractivity contribution >= 4 is 21.9 Å². The lowest BCUT2D eigenvalue weighted by atomic mass is 9.87. The van der Waals surface area contributed by atoms with E-state index < -0.39 is 28.6 Å². The Morgan fingerprint density at radius 3 is 2.12 bits per heavy atom. The summed E-state index contributed by atoms with van der Waals surface area (Å²) < 4.78 is 31.8. The summed E-state index contributed by atoms with van der Waals surface area (Å²) in [6.45, 7) is 7.02. The number of nitrogens with zero attached hydrogens (tertiary/aromatic N) is 1. The van der Waals surface area contributed by atoms with Gasteiger partial charge in [0.2, 0.25) is 10.0 Å². The highest BCUT2D eigenvalue weighted by molar-refractivity contribution is 7.89. The molecule has 0 saturated heterocycles. The number of likely N-dealkylation sites (N-methyl/N-ethyl adjacent to an activating group) is 1. The highest BCUT2D eigenvalue weighted by Gasteiger charge is 2.24. The van der Waals surface area contributed by atoms with Gasteiger partial charge in [-0.25, -0.2) is 8.42 Å². The molecule has 0 fully saturated rings. The lowest BCUT2D eigenvalue weighted by Crippen LogP contribution is -2.40. The second-order valence-corrected chi connectivity index (χ2v) is 8.73. The van der Waals surface area contributed by atoms with Crippen LogP contribution in [0.25, 0.3) is 0 Å². The predicted octanol–water partition coefficient (Wildman–Crippen LogP) is 1.28. The Morgan fingerprint density at radius 1 is 1.16 bits per heavy atom. The smallest absolute Gasteiger partial charge is 0.324 e. The second-order valence-electron chi connectivity index (χ2n) is 7.01. The zero-order valence-corrected chi connectivity index (χ0v) is 16.3. The first-order valence-corrected chi connectivity index (χ1v) is 9.32. The van der Waals surface area contributed by atoms with E-state index in [-0.39, 0.29) is 16.2 Å². The van der Waals surface area contributed by atoms with Crippen LogP contribution in [0.4, 0.5) is 0 Å². The maximum absolute atomic E-state index is 12.4. The summed E-state index contributed by atoms with van der Waals surface area (Å²) in [5.74, 6) is -1.20. The number of sulfonamides is 1. The fourth-order valence-electron chi connectivity index (χ4n) is 1.87. The average Bonchev–Trinajstić information content (AvgIpc) is 2.50. The number of carbonyl (C=O) groups is 2. The van der Waals surface area contributed by atoms with Crippen molar-refractivity contribution in [3.05, 3.63) is 29.8 Å². The van der Waals surface area contributed by atoms with Crippen molar-refractivity contribution in [2.75, 3.05) is 20.7 Å². The zero-order chi connectivity index (χ0) is 19.4. The van der Waals surface area contributed by atoms with Gasteiger partial charge in [-0.1, -0.05) is 32.9 Å². The lowest BCUT2D eigenvalue weighted by Gasteiger charge is -2.19. The van der Waals surface area contributed by atoms with Crippen LogP contribution in [-0.2, 0) is 29.8 Å². The van der Waals surface area contributed by atoms with Crippen LogP contribution >= 0.6 is 0 Å². The molecule has 7 nitrogen and oxygen atoms in total. The van der Waals surface area contributed by atoms with E-state index in [0.29, 0.717) is 0 Å². The molecule has 0 aromatic heterocycles. The number of amides is 1. The first-order valence-electron chi connectivity index (χ1n) is 7.84. The minimum atomic E-state index is -3.87. The van der Waals surface area contributed by atoms with Gasteiger partial charge in [-0.05, 0) is 30.0 Å².